The second-order valence-corrected chi connectivity index (χ2v) is 5.63. The molecule has 1 fully saturated rings. The fraction of sp³-hybridized carbons (Fsp3) is 0.615. The maximum atomic E-state index is 12.0. The molecule has 0 radical (unpaired) electrons. The highest BCUT2D eigenvalue weighted by Crippen LogP contribution is 2.25. The van der Waals surface area contributed by atoms with Crippen molar-refractivity contribution >= 4 is 17.1 Å². The predicted octanol–water partition coefficient (Wildman–Crippen LogP) is -0.467. The molecule has 0 amide bonds. The van der Waals surface area contributed by atoms with Gasteiger partial charge < -0.3 is 15.4 Å². The van der Waals surface area contributed by atoms with E-state index in [9.17, 15) is 14.7 Å². The first-order valence-corrected chi connectivity index (χ1v) is 7.06. The number of aryl methyl sites for hydroxylation is 1. The molecule has 2 atom stereocenters. The number of anilines is 1. The lowest BCUT2D eigenvalue weighted by Crippen LogP contribution is -2.36. The number of hydrogen-bond acceptors (Lipinski definition) is 5. The normalized spacial score (nSPS) is 22.0. The van der Waals surface area contributed by atoms with E-state index in [4.69, 9.17) is 0 Å². The first-order chi connectivity index (χ1) is 9.99. The van der Waals surface area contributed by atoms with Gasteiger partial charge in [0.15, 0.2) is 11.2 Å². The molecule has 1 aliphatic carbocycles. The molecule has 2 heterocycles. The number of imidazole rings is 1. The van der Waals surface area contributed by atoms with Crippen LogP contribution in [0.15, 0.2) is 9.59 Å². The lowest BCUT2D eigenvalue weighted by Gasteiger charge is -2.14. The maximum Gasteiger partial charge on any atom is 0.332 e. The van der Waals surface area contributed by atoms with E-state index >= 15 is 0 Å². The van der Waals surface area contributed by atoms with Crippen molar-refractivity contribution in [3.8, 4) is 0 Å². The van der Waals surface area contributed by atoms with Crippen LogP contribution in [-0.2, 0) is 14.1 Å². The summed E-state index contributed by atoms with van der Waals surface area (Å²) in [6.45, 7) is 0.593. The molecule has 2 aromatic rings. The van der Waals surface area contributed by atoms with Gasteiger partial charge in [-0.05, 0) is 12.8 Å². The third-order valence-electron chi connectivity index (χ3n) is 4.25. The van der Waals surface area contributed by atoms with Gasteiger partial charge >= 0.3 is 5.69 Å². The van der Waals surface area contributed by atoms with Gasteiger partial charge in [-0.15, -0.1) is 0 Å². The predicted molar refractivity (Wildman–Crippen MR) is 78.4 cm³/mol. The molecule has 8 nitrogen and oxygen atoms in total. The van der Waals surface area contributed by atoms with Gasteiger partial charge in [0, 0.05) is 26.6 Å². The zero-order valence-corrected chi connectivity index (χ0v) is 12.1. The number of nitrogens with zero attached hydrogens (tertiary/aromatic N) is 3. The summed E-state index contributed by atoms with van der Waals surface area (Å²) in [5.41, 5.74) is -0.169. The van der Waals surface area contributed by atoms with E-state index in [0.29, 0.717) is 23.7 Å². The molecule has 21 heavy (non-hydrogen) atoms. The number of hydrogen-bond donors (Lipinski definition) is 3. The number of aliphatic hydroxyl groups is 1. The molecule has 0 bridgehead atoms. The highest BCUT2D eigenvalue weighted by Gasteiger charge is 2.25. The van der Waals surface area contributed by atoms with E-state index in [-0.39, 0.29) is 12.0 Å². The second kappa shape index (κ2) is 5.03. The molecule has 0 aliphatic heterocycles. The van der Waals surface area contributed by atoms with Crippen LogP contribution in [0.2, 0.25) is 0 Å². The molecule has 8 heteroatoms. The molecule has 0 aromatic carbocycles. The summed E-state index contributed by atoms with van der Waals surface area (Å²) < 4.78 is 2.38. The van der Waals surface area contributed by atoms with Gasteiger partial charge in [0.25, 0.3) is 5.56 Å². The Kier molecular flexibility index (Phi) is 3.32. The first kappa shape index (κ1) is 13.9. The summed E-state index contributed by atoms with van der Waals surface area (Å²) in [4.78, 5) is 31.1. The molecule has 3 rings (SSSR count). The number of rotatable bonds is 3. The SMILES string of the molecule is Cn1c(=O)c2[nH]c(NCC3CCCC3O)nc2n(C)c1=O. The Labute approximate surface area is 120 Å². The third-order valence-corrected chi connectivity index (χ3v) is 4.25. The summed E-state index contributed by atoms with van der Waals surface area (Å²) in [6, 6.07) is 0. The maximum absolute atomic E-state index is 12.0. The Morgan fingerprint density at radius 3 is 2.76 bits per heavy atom. The molecule has 0 saturated heterocycles. The average molecular weight is 293 g/mol. The van der Waals surface area contributed by atoms with Crippen molar-refractivity contribution in [1.82, 2.24) is 19.1 Å². The van der Waals surface area contributed by atoms with Crippen molar-refractivity contribution in [1.29, 1.82) is 0 Å². The summed E-state index contributed by atoms with van der Waals surface area (Å²) in [5, 5.41) is 12.9. The number of aliphatic hydroxyl groups excluding tert-OH is 1. The number of nitrogens with one attached hydrogen (secondary N) is 2. The number of fused-ring (bicyclic) bond motifs is 1. The van der Waals surface area contributed by atoms with Crippen LogP contribution in [0.5, 0.6) is 0 Å². The third kappa shape index (κ3) is 2.25. The highest BCUT2D eigenvalue weighted by atomic mass is 16.3. The van der Waals surface area contributed by atoms with Crippen molar-refractivity contribution in [2.24, 2.45) is 20.0 Å². The largest absolute Gasteiger partial charge is 0.393 e. The van der Waals surface area contributed by atoms with Crippen molar-refractivity contribution < 1.29 is 5.11 Å². The van der Waals surface area contributed by atoms with E-state index < -0.39 is 11.2 Å². The van der Waals surface area contributed by atoms with E-state index in [0.717, 1.165) is 23.8 Å². The van der Waals surface area contributed by atoms with Crippen LogP contribution >= 0.6 is 0 Å². The van der Waals surface area contributed by atoms with Crippen LogP contribution in [0.3, 0.4) is 0 Å². The monoisotopic (exact) mass is 293 g/mol. The molecule has 2 unspecified atom stereocenters. The molecule has 2 aromatic heterocycles. The van der Waals surface area contributed by atoms with Crippen LogP contribution < -0.4 is 16.6 Å². The van der Waals surface area contributed by atoms with Gasteiger partial charge in [-0.1, -0.05) is 6.42 Å². The average Bonchev–Trinajstić information content (AvgIpc) is 3.07. The zero-order chi connectivity index (χ0) is 15.1. The minimum absolute atomic E-state index is 0.199. The lowest BCUT2D eigenvalue weighted by molar-refractivity contribution is 0.138. The molecule has 1 aliphatic rings. The Morgan fingerprint density at radius 1 is 1.33 bits per heavy atom. The lowest BCUT2D eigenvalue weighted by atomic mass is 10.1. The van der Waals surface area contributed by atoms with Crippen LogP contribution in [-0.4, -0.2) is 36.9 Å². The van der Waals surface area contributed by atoms with Gasteiger partial charge in [0.05, 0.1) is 6.10 Å². The van der Waals surface area contributed by atoms with Gasteiger partial charge in [0.1, 0.15) is 0 Å². The highest BCUT2D eigenvalue weighted by molar-refractivity contribution is 5.72. The Balaban J connectivity index is 1.91. The van der Waals surface area contributed by atoms with E-state index in [1.807, 2.05) is 0 Å². The fourth-order valence-corrected chi connectivity index (χ4v) is 2.89. The Bertz CT molecular complexity index is 787. The van der Waals surface area contributed by atoms with Gasteiger partial charge in [-0.25, -0.2) is 4.79 Å². The van der Waals surface area contributed by atoms with Gasteiger partial charge in [-0.2, -0.15) is 4.98 Å². The van der Waals surface area contributed by atoms with E-state index in [1.54, 1.807) is 7.05 Å². The Morgan fingerprint density at radius 2 is 2.10 bits per heavy atom. The second-order valence-electron chi connectivity index (χ2n) is 5.63. The van der Waals surface area contributed by atoms with Crippen LogP contribution in [0.25, 0.3) is 11.2 Å². The smallest absolute Gasteiger partial charge is 0.332 e. The minimum Gasteiger partial charge on any atom is -0.393 e. The zero-order valence-electron chi connectivity index (χ0n) is 12.1. The van der Waals surface area contributed by atoms with Crippen molar-refractivity contribution in [3.63, 3.8) is 0 Å². The van der Waals surface area contributed by atoms with E-state index in [1.165, 1.54) is 11.6 Å². The molecule has 3 N–H and O–H groups in total. The standard InChI is InChI=1S/C13H19N5O3/c1-17-10-9(11(20)18(2)13(17)21)15-12(16-10)14-6-7-4-3-5-8(7)19/h7-8,19H,3-6H2,1-2H3,(H2,14,15,16). The van der Waals surface area contributed by atoms with Crippen LogP contribution in [0.1, 0.15) is 19.3 Å². The molecular formula is C13H19N5O3. The number of aromatic amines is 1. The van der Waals surface area contributed by atoms with Crippen molar-refractivity contribution in [3.05, 3.63) is 20.8 Å². The van der Waals surface area contributed by atoms with Gasteiger partial charge in [0.2, 0.25) is 5.95 Å². The molecular weight excluding hydrogens is 274 g/mol. The minimum atomic E-state index is -0.406. The molecule has 1 saturated carbocycles. The molecule has 0 spiro atoms. The summed E-state index contributed by atoms with van der Waals surface area (Å²) in [6.07, 6.45) is 2.57. The topological polar surface area (TPSA) is 105 Å². The van der Waals surface area contributed by atoms with Gasteiger partial charge in [-0.3, -0.25) is 13.9 Å². The first-order valence-electron chi connectivity index (χ1n) is 7.06. The summed E-state index contributed by atoms with van der Waals surface area (Å²) in [5.74, 6) is 0.646. The fourth-order valence-electron chi connectivity index (χ4n) is 2.89. The Hall–Kier alpha value is -2.09. The number of H-pyrrole nitrogens is 1. The summed E-state index contributed by atoms with van der Waals surface area (Å²) >= 11 is 0. The van der Waals surface area contributed by atoms with Crippen LogP contribution in [0, 0.1) is 5.92 Å². The summed E-state index contributed by atoms with van der Waals surface area (Å²) in [7, 11) is 3.02. The van der Waals surface area contributed by atoms with Crippen molar-refractivity contribution in [2.45, 2.75) is 25.4 Å². The molecule has 114 valence electrons. The quantitative estimate of drug-likeness (QED) is 0.710. The number of aromatic nitrogens is 4. The van der Waals surface area contributed by atoms with E-state index in [2.05, 4.69) is 15.3 Å². The van der Waals surface area contributed by atoms with Crippen LogP contribution in [0.4, 0.5) is 5.95 Å². The van der Waals surface area contributed by atoms with Crippen molar-refractivity contribution in [2.75, 3.05) is 11.9 Å².